The minimum atomic E-state index is -0.356. The van der Waals surface area contributed by atoms with Crippen molar-refractivity contribution >= 4 is 35.5 Å². The summed E-state index contributed by atoms with van der Waals surface area (Å²) >= 11 is 0. The monoisotopic (exact) mass is 180 g/mol. The van der Waals surface area contributed by atoms with Crippen LogP contribution in [0.1, 0.15) is 12.8 Å². The number of carbonyl (C=O) groups excluding carboxylic acids is 1. The van der Waals surface area contributed by atoms with Crippen LogP contribution in [0.15, 0.2) is 0 Å². The number of carbonyl (C=O) groups is 1. The number of unbranched alkanes of at least 4 members (excludes halogenated alkanes) is 1. The third kappa shape index (κ3) is 9.99. The van der Waals surface area contributed by atoms with E-state index in [2.05, 4.69) is 10.7 Å². The van der Waals surface area contributed by atoms with Crippen LogP contribution >= 0.6 is 0 Å². The van der Waals surface area contributed by atoms with Gasteiger partial charge in [0.25, 0.3) is 0 Å². The summed E-state index contributed by atoms with van der Waals surface area (Å²) in [5.74, 6) is 2.12. The fourth-order valence-corrected chi connectivity index (χ4v) is 0.491. The second-order valence-electron chi connectivity index (χ2n) is 1.94. The van der Waals surface area contributed by atoms with Gasteiger partial charge in [-0.3, -0.25) is 0 Å². The third-order valence-electron chi connectivity index (χ3n) is 1.06. The van der Waals surface area contributed by atoms with Gasteiger partial charge < -0.3 is 9.47 Å². The number of hydrogen-bond donors (Lipinski definition) is 0. The molecule has 0 aromatic heterocycles. The van der Waals surface area contributed by atoms with Gasteiger partial charge in [0.2, 0.25) is 0 Å². The van der Waals surface area contributed by atoms with Crippen LogP contribution in [-0.2, 0) is 14.3 Å². The summed E-state index contributed by atoms with van der Waals surface area (Å²) in [5, 5.41) is 0. The average Bonchev–Trinajstić information content (AvgIpc) is 2.04. The number of ether oxygens (including phenoxy) is 2. The molecule has 64 valence electrons. The molecule has 0 heterocycles. The van der Waals surface area contributed by atoms with Gasteiger partial charge in [0.05, 0.1) is 7.11 Å². The standard InChI is InChI=1S/C8H12O3.Na.H/c1-3-4-5-6-11-7-8(9)10-2;;/h1H,4-7H2,2H3;;. The van der Waals surface area contributed by atoms with E-state index in [4.69, 9.17) is 11.2 Å². The van der Waals surface area contributed by atoms with Crippen molar-refractivity contribution in [1.29, 1.82) is 0 Å². The molecule has 0 radical (unpaired) electrons. The van der Waals surface area contributed by atoms with Crippen LogP contribution in [0.5, 0.6) is 0 Å². The maximum absolute atomic E-state index is 10.5. The van der Waals surface area contributed by atoms with E-state index in [-0.39, 0.29) is 42.1 Å². The van der Waals surface area contributed by atoms with Crippen molar-refractivity contribution in [1.82, 2.24) is 0 Å². The summed E-state index contributed by atoms with van der Waals surface area (Å²) in [6, 6.07) is 0. The number of esters is 1. The molecule has 0 aliphatic heterocycles. The molecule has 0 atom stereocenters. The van der Waals surface area contributed by atoms with E-state index < -0.39 is 0 Å². The van der Waals surface area contributed by atoms with Crippen LogP contribution in [0, 0.1) is 12.3 Å². The zero-order valence-corrected chi connectivity index (χ0v) is 6.63. The Morgan fingerprint density at radius 2 is 2.25 bits per heavy atom. The van der Waals surface area contributed by atoms with E-state index in [1.165, 1.54) is 7.11 Å². The Bertz CT molecular complexity index is 151. The van der Waals surface area contributed by atoms with Crippen LogP contribution in [0.3, 0.4) is 0 Å². The number of rotatable bonds is 5. The van der Waals surface area contributed by atoms with Gasteiger partial charge in [-0.15, -0.1) is 12.3 Å². The molecule has 0 amide bonds. The van der Waals surface area contributed by atoms with Gasteiger partial charge in [0.15, 0.2) is 0 Å². The van der Waals surface area contributed by atoms with Gasteiger partial charge in [-0.2, -0.15) is 0 Å². The van der Waals surface area contributed by atoms with Crippen LogP contribution in [0.2, 0.25) is 0 Å². The molecule has 0 bridgehead atoms. The molecule has 12 heavy (non-hydrogen) atoms. The molecular weight excluding hydrogens is 167 g/mol. The normalized spacial score (nSPS) is 8.00. The zero-order valence-electron chi connectivity index (χ0n) is 6.63. The van der Waals surface area contributed by atoms with Crippen LogP contribution in [-0.4, -0.2) is 55.9 Å². The van der Waals surface area contributed by atoms with Gasteiger partial charge >= 0.3 is 35.5 Å². The topological polar surface area (TPSA) is 35.5 Å². The second-order valence-corrected chi connectivity index (χ2v) is 1.94. The van der Waals surface area contributed by atoms with Crippen molar-refractivity contribution in [2.24, 2.45) is 0 Å². The average molecular weight is 180 g/mol. The quantitative estimate of drug-likeness (QED) is 0.257. The zero-order chi connectivity index (χ0) is 8.53. The first-order chi connectivity index (χ1) is 5.31. The Hall–Kier alpha value is -0.0100. The molecule has 0 aliphatic rings. The molecule has 0 unspecified atom stereocenters. The second kappa shape index (κ2) is 11.0. The fourth-order valence-electron chi connectivity index (χ4n) is 0.491. The Labute approximate surface area is 95.1 Å². The van der Waals surface area contributed by atoms with Crippen molar-refractivity contribution < 1.29 is 14.3 Å². The molecule has 0 spiro atoms. The third-order valence-corrected chi connectivity index (χ3v) is 1.06. The van der Waals surface area contributed by atoms with E-state index in [9.17, 15) is 4.79 Å². The van der Waals surface area contributed by atoms with Crippen LogP contribution in [0.4, 0.5) is 0 Å². The maximum atomic E-state index is 10.5. The molecule has 0 saturated carbocycles. The Morgan fingerprint density at radius 1 is 1.58 bits per heavy atom. The summed E-state index contributed by atoms with van der Waals surface area (Å²) in [7, 11) is 1.33. The van der Waals surface area contributed by atoms with Crippen molar-refractivity contribution in [3.8, 4) is 12.3 Å². The summed E-state index contributed by atoms with van der Waals surface area (Å²) in [4.78, 5) is 10.5. The molecule has 3 nitrogen and oxygen atoms in total. The molecular formula is C8H13NaO3. The minimum absolute atomic E-state index is 0. The molecule has 0 aliphatic carbocycles. The molecule has 0 N–H and O–H groups in total. The van der Waals surface area contributed by atoms with Gasteiger partial charge in [0, 0.05) is 13.0 Å². The summed E-state index contributed by atoms with van der Waals surface area (Å²) < 4.78 is 9.27. The summed E-state index contributed by atoms with van der Waals surface area (Å²) in [6.07, 6.45) is 6.47. The van der Waals surface area contributed by atoms with Gasteiger partial charge in [-0.25, -0.2) is 4.79 Å². The Kier molecular flexibility index (Phi) is 13.3. The molecule has 4 heteroatoms. The summed E-state index contributed by atoms with van der Waals surface area (Å²) in [5.41, 5.74) is 0. The van der Waals surface area contributed by atoms with Crippen molar-refractivity contribution in [3.05, 3.63) is 0 Å². The first-order valence-corrected chi connectivity index (χ1v) is 3.39. The molecule has 0 saturated heterocycles. The van der Waals surface area contributed by atoms with Crippen LogP contribution < -0.4 is 0 Å². The predicted molar refractivity (Wildman–Crippen MR) is 48.1 cm³/mol. The number of terminal acetylenes is 1. The van der Waals surface area contributed by atoms with Gasteiger partial charge in [-0.1, -0.05) is 0 Å². The van der Waals surface area contributed by atoms with E-state index in [0.717, 1.165) is 6.42 Å². The van der Waals surface area contributed by atoms with Gasteiger partial charge in [0.1, 0.15) is 6.61 Å². The van der Waals surface area contributed by atoms with E-state index in [1.807, 2.05) is 0 Å². The van der Waals surface area contributed by atoms with E-state index in [1.54, 1.807) is 0 Å². The first-order valence-electron chi connectivity index (χ1n) is 3.39. The van der Waals surface area contributed by atoms with Crippen LogP contribution in [0.25, 0.3) is 0 Å². The molecule has 0 aromatic rings. The SMILES string of the molecule is C#CCCCOCC(=O)OC.[NaH]. The predicted octanol–water partition coefficient (Wildman–Crippen LogP) is -0.0591. The Morgan fingerprint density at radius 3 is 2.75 bits per heavy atom. The number of hydrogen-bond acceptors (Lipinski definition) is 3. The number of methoxy groups -OCH3 is 1. The summed E-state index contributed by atoms with van der Waals surface area (Å²) in [6.45, 7) is 0.528. The first kappa shape index (κ1) is 14.5. The molecule has 0 rings (SSSR count). The fraction of sp³-hybridized carbons (Fsp3) is 0.625. The Balaban J connectivity index is 0. The molecule has 0 fully saturated rings. The van der Waals surface area contributed by atoms with E-state index >= 15 is 0 Å². The van der Waals surface area contributed by atoms with Crippen molar-refractivity contribution in [3.63, 3.8) is 0 Å². The van der Waals surface area contributed by atoms with Crippen molar-refractivity contribution in [2.45, 2.75) is 12.8 Å². The van der Waals surface area contributed by atoms with Crippen molar-refractivity contribution in [2.75, 3.05) is 20.3 Å². The molecule has 0 aromatic carbocycles. The van der Waals surface area contributed by atoms with E-state index in [0.29, 0.717) is 13.0 Å². The van der Waals surface area contributed by atoms with Gasteiger partial charge in [-0.05, 0) is 6.42 Å².